The molecule has 0 spiro atoms. The van der Waals surface area contributed by atoms with E-state index in [0.717, 1.165) is 25.3 Å². The van der Waals surface area contributed by atoms with Crippen molar-refractivity contribution in [2.45, 2.75) is 24.2 Å². The summed E-state index contributed by atoms with van der Waals surface area (Å²) >= 11 is 0. The van der Waals surface area contributed by atoms with Gasteiger partial charge in [-0.3, -0.25) is 0 Å². The van der Waals surface area contributed by atoms with E-state index < -0.39 is 15.8 Å². The molecule has 17 heavy (non-hydrogen) atoms. The van der Waals surface area contributed by atoms with Gasteiger partial charge in [0.15, 0.2) is 0 Å². The molecule has 0 amide bonds. The summed E-state index contributed by atoms with van der Waals surface area (Å²) in [6.07, 6.45) is 2.48. The molecule has 0 aliphatic heterocycles. The van der Waals surface area contributed by atoms with E-state index in [1.54, 1.807) is 0 Å². The van der Waals surface area contributed by atoms with Gasteiger partial charge in [0.2, 0.25) is 10.0 Å². The predicted octanol–water partition coefficient (Wildman–Crippen LogP) is 1.23. The van der Waals surface area contributed by atoms with Crippen LogP contribution in [0, 0.1) is 5.82 Å². The fraction of sp³-hybridized carbons (Fsp3) is 0.455. The maximum atomic E-state index is 12.9. The molecule has 0 bridgehead atoms. The van der Waals surface area contributed by atoms with Crippen LogP contribution in [0.25, 0.3) is 0 Å². The van der Waals surface area contributed by atoms with E-state index in [1.165, 1.54) is 18.2 Å². The Kier molecular flexibility index (Phi) is 5.54. The molecule has 0 aliphatic rings. The van der Waals surface area contributed by atoms with Crippen LogP contribution in [0.2, 0.25) is 0 Å². The van der Waals surface area contributed by atoms with Crippen molar-refractivity contribution in [2.24, 2.45) is 5.73 Å². The average Bonchev–Trinajstić information content (AvgIpc) is 2.29. The third kappa shape index (κ3) is 4.80. The summed E-state index contributed by atoms with van der Waals surface area (Å²) in [5, 5.41) is 0. The van der Waals surface area contributed by atoms with Crippen molar-refractivity contribution in [3.8, 4) is 0 Å². The van der Waals surface area contributed by atoms with Crippen molar-refractivity contribution in [3.05, 3.63) is 30.1 Å². The van der Waals surface area contributed by atoms with E-state index in [0.29, 0.717) is 13.1 Å². The second kappa shape index (κ2) is 6.68. The number of hydrogen-bond donors (Lipinski definition) is 2. The Bertz CT molecular complexity index is 449. The molecular formula is C11H17FN2O2S. The molecule has 0 radical (unpaired) electrons. The molecule has 1 rings (SSSR count). The third-order valence-corrected chi connectivity index (χ3v) is 3.74. The molecule has 4 nitrogen and oxygen atoms in total. The van der Waals surface area contributed by atoms with Crippen molar-refractivity contribution in [3.63, 3.8) is 0 Å². The smallest absolute Gasteiger partial charge is 0.240 e. The Morgan fingerprint density at radius 1 is 1.24 bits per heavy atom. The van der Waals surface area contributed by atoms with Crippen molar-refractivity contribution < 1.29 is 12.8 Å². The summed E-state index contributed by atoms with van der Waals surface area (Å²) < 4.78 is 38.7. The first-order valence-corrected chi connectivity index (χ1v) is 7.00. The summed E-state index contributed by atoms with van der Waals surface area (Å²) in [4.78, 5) is -0.0451. The molecule has 0 fully saturated rings. The fourth-order valence-corrected chi connectivity index (χ4v) is 2.48. The molecule has 0 saturated carbocycles. The Hall–Kier alpha value is -0.980. The monoisotopic (exact) mass is 260 g/mol. The molecule has 0 saturated heterocycles. The first kappa shape index (κ1) is 14.1. The number of benzene rings is 1. The van der Waals surface area contributed by atoms with E-state index in [-0.39, 0.29) is 4.90 Å². The second-order valence-electron chi connectivity index (χ2n) is 3.70. The average molecular weight is 260 g/mol. The summed E-state index contributed by atoms with van der Waals surface area (Å²) in [5.74, 6) is -0.559. The van der Waals surface area contributed by atoms with E-state index >= 15 is 0 Å². The maximum Gasteiger partial charge on any atom is 0.240 e. The first-order valence-electron chi connectivity index (χ1n) is 5.51. The Morgan fingerprint density at radius 3 is 2.65 bits per heavy atom. The van der Waals surface area contributed by atoms with Crippen LogP contribution in [0.5, 0.6) is 0 Å². The van der Waals surface area contributed by atoms with Gasteiger partial charge in [-0.25, -0.2) is 17.5 Å². The van der Waals surface area contributed by atoms with Crippen LogP contribution in [0.4, 0.5) is 4.39 Å². The van der Waals surface area contributed by atoms with Gasteiger partial charge in [0.05, 0.1) is 4.90 Å². The Labute approximate surface area is 101 Å². The lowest BCUT2D eigenvalue weighted by molar-refractivity contribution is 0.571. The zero-order valence-electron chi connectivity index (χ0n) is 9.52. The van der Waals surface area contributed by atoms with Crippen molar-refractivity contribution >= 4 is 10.0 Å². The molecule has 96 valence electrons. The number of nitrogens with one attached hydrogen (secondary N) is 1. The van der Waals surface area contributed by atoms with Crippen LogP contribution in [0.1, 0.15) is 19.3 Å². The highest BCUT2D eigenvalue weighted by Crippen LogP contribution is 2.10. The maximum absolute atomic E-state index is 12.9. The van der Waals surface area contributed by atoms with Gasteiger partial charge in [-0.05, 0) is 37.6 Å². The van der Waals surface area contributed by atoms with Gasteiger partial charge in [0, 0.05) is 6.54 Å². The van der Waals surface area contributed by atoms with E-state index in [4.69, 9.17) is 5.73 Å². The third-order valence-electron chi connectivity index (χ3n) is 2.28. The molecule has 1 aromatic carbocycles. The molecule has 1 aromatic rings. The Morgan fingerprint density at radius 2 is 2.00 bits per heavy atom. The lowest BCUT2D eigenvalue weighted by Crippen LogP contribution is -2.25. The minimum absolute atomic E-state index is 0.0451. The van der Waals surface area contributed by atoms with Crippen LogP contribution >= 0.6 is 0 Å². The van der Waals surface area contributed by atoms with Gasteiger partial charge in [0.1, 0.15) is 5.82 Å². The van der Waals surface area contributed by atoms with Gasteiger partial charge in [-0.2, -0.15) is 0 Å². The zero-order valence-corrected chi connectivity index (χ0v) is 10.3. The number of sulfonamides is 1. The van der Waals surface area contributed by atoms with Crippen LogP contribution in [-0.2, 0) is 10.0 Å². The quantitative estimate of drug-likeness (QED) is 0.724. The molecule has 6 heteroatoms. The lowest BCUT2D eigenvalue weighted by atomic mass is 10.2. The van der Waals surface area contributed by atoms with Gasteiger partial charge in [0.25, 0.3) is 0 Å². The minimum atomic E-state index is -3.59. The summed E-state index contributed by atoms with van der Waals surface area (Å²) in [6.45, 7) is 0.954. The van der Waals surface area contributed by atoms with Crippen LogP contribution in [-0.4, -0.2) is 21.5 Å². The number of unbranched alkanes of at least 4 members (excludes halogenated alkanes) is 2. The molecular weight excluding hydrogens is 243 g/mol. The van der Waals surface area contributed by atoms with Crippen LogP contribution < -0.4 is 10.5 Å². The number of halogens is 1. The van der Waals surface area contributed by atoms with E-state index in [9.17, 15) is 12.8 Å². The number of hydrogen-bond acceptors (Lipinski definition) is 3. The van der Waals surface area contributed by atoms with Crippen LogP contribution in [0.15, 0.2) is 29.2 Å². The summed E-state index contributed by atoms with van der Waals surface area (Å²) in [6, 6.07) is 4.95. The summed E-state index contributed by atoms with van der Waals surface area (Å²) in [7, 11) is -3.59. The zero-order chi connectivity index (χ0) is 12.7. The predicted molar refractivity (Wildman–Crippen MR) is 64.5 cm³/mol. The SMILES string of the molecule is NCCCCCNS(=O)(=O)c1cccc(F)c1. The number of rotatable bonds is 7. The topological polar surface area (TPSA) is 72.2 Å². The molecule has 0 unspecified atom stereocenters. The van der Waals surface area contributed by atoms with E-state index in [1.807, 2.05) is 0 Å². The first-order chi connectivity index (χ1) is 8.06. The van der Waals surface area contributed by atoms with Crippen molar-refractivity contribution in [1.82, 2.24) is 4.72 Å². The Balaban J connectivity index is 2.51. The molecule has 0 atom stereocenters. The molecule has 0 heterocycles. The van der Waals surface area contributed by atoms with Gasteiger partial charge >= 0.3 is 0 Å². The normalized spacial score (nSPS) is 11.6. The molecule has 3 N–H and O–H groups in total. The highest BCUT2D eigenvalue weighted by molar-refractivity contribution is 7.89. The lowest BCUT2D eigenvalue weighted by Gasteiger charge is -2.06. The minimum Gasteiger partial charge on any atom is -0.330 e. The molecule has 0 aliphatic carbocycles. The second-order valence-corrected chi connectivity index (χ2v) is 5.47. The van der Waals surface area contributed by atoms with E-state index in [2.05, 4.69) is 4.72 Å². The highest BCUT2D eigenvalue weighted by Gasteiger charge is 2.13. The van der Waals surface area contributed by atoms with Gasteiger partial charge in [-0.15, -0.1) is 0 Å². The number of nitrogens with two attached hydrogens (primary N) is 1. The van der Waals surface area contributed by atoms with Gasteiger partial charge in [-0.1, -0.05) is 12.5 Å². The molecule has 0 aromatic heterocycles. The van der Waals surface area contributed by atoms with Crippen molar-refractivity contribution in [1.29, 1.82) is 0 Å². The van der Waals surface area contributed by atoms with Gasteiger partial charge < -0.3 is 5.73 Å². The fourth-order valence-electron chi connectivity index (χ4n) is 1.37. The largest absolute Gasteiger partial charge is 0.330 e. The standard InChI is InChI=1S/C11H17FN2O2S/c12-10-5-4-6-11(9-10)17(15,16)14-8-3-1-2-7-13/h4-6,9,14H,1-3,7-8,13H2. The summed E-state index contributed by atoms with van der Waals surface area (Å²) in [5.41, 5.74) is 5.32. The van der Waals surface area contributed by atoms with Crippen molar-refractivity contribution in [2.75, 3.05) is 13.1 Å². The van der Waals surface area contributed by atoms with Crippen LogP contribution in [0.3, 0.4) is 0 Å². The highest BCUT2D eigenvalue weighted by atomic mass is 32.2.